The molecule has 2 N–H and O–H groups in total. The fourth-order valence-corrected chi connectivity index (χ4v) is 4.81. The number of carbonyl (C=O) groups excluding carboxylic acids is 3. The molecule has 3 atom stereocenters. The Morgan fingerprint density at radius 1 is 1.39 bits per heavy atom. The Bertz CT molecular complexity index is 959. The van der Waals surface area contributed by atoms with Crippen molar-refractivity contribution >= 4 is 52.0 Å². The largest absolute Gasteiger partial charge is 0.427 e. The number of aliphatic hydroxyl groups excluding tert-OH is 1. The van der Waals surface area contributed by atoms with Gasteiger partial charge in [0, 0.05) is 28.4 Å². The van der Waals surface area contributed by atoms with Crippen molar-refractivity contribution in [3.8, 4) is 0 Å². The Labute approximate surface area is 190 Å². The third-order valence-electron chi connectivity index (χ3n) is 5.30. The van der Waals surface area contributed by atoms with E-state index in [1.54, 1.807) is 34.7 Å². The maximum Gasteiger partial charge on any atom is 0.358 e. The molecule has 0 spiro atoms. The molecule has 1 amide bonds. The molecular weight excluding hydrogens is 440 g/mol. The molecular formula is C21H26N2O6S2. The zero-order valence-corrected chi connectivity index (χ0v) is 19.7. The van der Waals surface area contributed by atoms with Gasteiger partial charge in [-0.15, -0.1) is 11.3 Å². The van der Waals surface area contributed by atoms with E-state index in [0.717, 1.165) is 10.4 Å². The van der Waals surface area contributed by atoms with Gasteiger partial charge in [0.2, 0.25) is 12.7 Å². The molecule has 0 aromatic carbocycles. The van der Waals surface area contributed by atoms with Crippen molar-refractivity contribution in [3.63, 3.8) is 0 Å². The summed E-state index contributed by atoms with van der Waals surface area (Å²) in [5.41, 5.74) is 0.863. The Balaban J connectivity index is 1.86. The van der Waals surface area contributed by atoms with Crippen molar-refractivity contribution < 1.29 is 29.0 Å². The first-order valence-corrected chi connectivity index (χ1v) is 11.2. The van der Waals surface area contributed by atoms with E-state index < -0.39 is 36.2 Å². The molecule has 168 valence electrons. The Hall–Kier alpha value is -2.30. The van der Waals surface area contributed by atoms with Crippen LogP contribution >= 0.6 is 23.6 Å². The van der Waals surface area contributed by atoms with Crippen molar-refractivity contribution in [3.05, 3.63) is 27.6 Å². The zero-order valence-electron chi connectivity index (χ0n) is 18.1. The normalized spacial score (nSPS) is 21.4. The van der Waals surface area contributed by atoms with Gasteiger partial charge in [-0.2, -0.15) is 0 Å². The van der Waals surface area contributed by atoms with E-state index >= 15 is 0 Å². The lowest BCUT2D eigenvalue weighted by atomic mass is 9.83. The van der Waals surface area contributed by atoms with Crippen molar-refractivity contribution in [1.82, 2.24) is 10.2 Å². The second kappa shape index (κ2) is 8.68. The van der Waals surface area contributed by atoms with Crippen molar-refractivity contribution in [1.29, 1.82) is 0 Å². The molecule has 3 rings (SSSR count). The smallest absolute Gasteiger partial charge is 0.358 e. The Morgan fingerprint density at radius 3 is 2.65 bits per heavy atom. The minimum Gasteiger partial charge on any atom is -0.427 e. The second-order valence-electron chi connectivity index (χ2n) is 8.58. The molecule has 1 saturated heterocycles. The van der Waals surface area contributed by atoms with Gasteiger partial charge in [-0.1, -0.05) is 12.2 Å². The van der Waals surface area contributed by atoms with Crippen LogP contribution in [0.5, 0.6) is 0 Å². The highest BCUT2D eigenvalue weighted by atomic mass is 32.1. The summed E-state index contributed by atoms with van der Waals surface area (Å²) in [6.45, 7) is 6.10. The number of hydrogen-bond acceptors (Lipinski definition) is 8. The highest BCUT2D eigenvalue weighted by Gasteiger charge is 2.57. The predicted octanol–water partition coefficient (Wildman–Crippen LogP) is 2.06. The number of fused-ring (bicyclic) bond motifs is 1. The number of thiocarbonyl (C=S) groups is 1. The second-order valence-corrected chi connectivity index (χ2v) is 9.90. The Morgan fingerprint density at radius 2 is 2.06 bits per heavy atom. The summed E-state index contributed by atoms with van der Waals surface area (Å²) in [6, 6.07) is 1.54. The lowest BCUT2D eigenvalue weighted by Gasteiger charge is -2.44. The van der Waals surface area contributed by atoms with E-state index in [9.17, 15) is 19.5 Å². The molecule has 3 heterocycles. The number of nitrogens with zero attached hydrogens (tertiary/aromatic N) is 1. The van der Waals surface area contributed by atoms with Crippen molar-refractivity contribution in [2.24, 2.45) is 11.3 Å². The molecule has 0 unspecified atom stereocenters. The quantitative estimate of drug-likeness (QED) is 0.284. The van der Waals surface area contributed by atoms with Gasteiger partial charge in [0.25, 0.3) is 0 Å². The summed E-state index contributed by atoms with van der Waals surface area (Å²) in [5, 5.41) is 14.8. The predicted molar refractivity (Wildman–Crippen MR) is 119 cm³/mol. The molecule has 8 nitrogen and oxygen atoms in total. The van der Waals surface area contributed by atoms with E-state index in [-0.39, 0.29) is 17.6 Å². The standard InChI is InChI=1S/C21H26N2O6S2/c1-10(24)15-13-7-12(14-6-11(8-31-14)17(30)22-5)16(23(13)18(15)25)19(26)28-9-29-20(27)21(2,3)4/h6,8,10,13,15,24H,7,9H2,1-5H3,(H,22,30)/t10-,13-,15-/m1/s1. The number of carbonyl (C=O) groups is 3. The SMILES string of the molecule is CNC(=S)c1csc(C2=C(C(=O)OCOC(=O)C(C)(C)C)N3C(=O)[C@H]([C@@H](C)O)[C@H]3C2)c1. The molecule has 2 aliphatic rings. The summed E-state index contributed by atoms with van der Waals surface area (Å²) in [7, 11) is 1.73. The minimum atomic E-state index is -0.825. The van der Waals surface area contributed by atoms with Crippen LogP contribution in [-0.2, 0) is 23.9 Å². The van der Waals surface area contributed by atoms with E-state index in [1.165, 1.54) is 16.2 Å². The van der Waals surface area contributed by atoms with Crippen LogP contribution in [0.4, 0.5) is 0 Å². The third kappa shape index (κ3) is 4.37. The van der Waals surface area contributed by atoms with Crippen molar-refractivity contribution in [2.45, 2.75) is 46.3 Å². The highest BCUT2D eigenvalue weighted by Crippen LogP contribution is 2.48. The van der Waals surface area contributed by atoms with Gasteiger partial charge in [0.05, 0.1) is 23.5 Å². The molecule has 31 heavy (non-hydrogen) atoms. The molecule has 2 aliphatic heterocycles. The number of hydrogen-bond donors (Lipinski definition) is 2. The van der Waals surface area contributed by atoms with Gasteiger partial charge in [0.15, 0.2) is 0 Å². The average molecular weight is 467 g/mol. The highest BCUT2D eigenvalue weighted by molar-refractivity contribution is 7.80. The first-order chi connectivity index (χ1) is 14.5. The molecule has 1 aromatic rings. The summed E-state index contributed by atoms with van der Waals surface area (Å²) >= 11 is 6.68. The van der Waals surface area contributed by atoms with E-state index in [0.29, 0.717) is 17.0 Å². The molecule has 1 aromatic heterocycles. The number of thiophene rings is 1. The zero-order chi connectivity index (χ0) is 23.1. The average Bonchev–Trinajstić information content (AvgIpc) is 3.28. The maximum absolute atomic E-state index is 12.9. The van der Waals surface area contributed by atoms with E-state index in [2.05, 4.69) is 5.32 Å². The van der Waals surface area contributed by atoms with Crippen LogP contribution in [0.1, 0.15) is 44.6 Å². The van der Waals surface area contributed by atoms with Gasteiger partial charge < -0.3 is 24.8 Å². The van der Waals surface area contributed by atoms with Crippen molar-refractivity contribution in [2.75, 3.05) is 13.8 Å². The van der Waals surface area contributed by atoms with Gasteiger partial charge in [0.1, 0.15) is 10.7 Å². The summed E-state index contributed by atoms with van der Waals surface area (Å²) in [4.78, 5) is 40.2. The van der Waals surface area contributed by atoms with E-state index in [4.69, 9.17) is 21.7 Å². The van der Waals surface area contributed by atoms with Crippen LogP contribution in [0.25, 0.3) is 5.57 Å². The summed E-state index contributed by atoms with van der Waals surface area (Å²) in [6.07, 6.45) is -0.409. The van der Waals surface area contributed by atoms with Gasteiger partial charge >= 0.3 is 11.9 Å². The molecule has 1 fully saturated rings. The lowest BCUT2D eigenvalue weighted by Crippen LogP contribution is -2.61. The number of aliphatic hydroxyl groups is 1. The summed E-state index contributed by atoms with van der Waals surface area (Å²) in [5.74, 6) is -2.15. The van der Waals surface area contributed by atoms with Gasteiger partial charge in [-0.05, 0) is 40.2 Å². The number of nitrogens with one attached hydrogen (secondary N) is 1. The monoisotopic (exact) mass is 466 g/mol. The summed E-state index contributed by atoms with van der Waals surface area (Å²) < 4.78 is 10.2. The van der Waals surface area contributed by atoms with Gasteiger partial charge in [-0.25, -0.2) is 4.79 Å². The van der Waals surface area contributed by atoms with Crippen LogP contribution in [0, 0.1) is 11.3 Å². The minimum absolute atomic E-state index is 0.127. The van der Waals surface area contributed by atoms with Crippen LogP contribution in [0.3, 0.4) is 0 Å². The lowest BCUT2D eigenvalue weighted by molar-refractivity contribution is -0.175. The topological polar surface area (TPSA) is 105 Å². The fraction of sp³-hybridized carbons (Fsp3) is 0.524. The molecule has 10 heteroatoms. The number of rotatable bonds is 6. The first kappa shape index (κ1) is 23.4. The number of esters is 2. The molecule has 0 saturated carbocycles. The fourth-order valence-electron chi connectivity index (χ4n) is 3.66. The number of amides is 1. The van der Waals surface area contributed by atoms with Crippen LogP contribution < -0.4 is 5.32 Å². The van der Waals surface area contributed by atoms with E-state index in [1.807, 2.05) is 11.4 Å². The molecule has 0 radical (unpaired) electrons. The van der Waals surface area contributed by atoms with Crippen LogP contribution in [0.15, 0.2) is 17.1 Å². The Kier molecular flexibility index (Phi) is 6.54. The van der Waals surface area contributed by atoms with Crippen LogP contribution in [-0.4, -0.2) is 58.8 Å². The number of ether oxygens (including phenoxy) is 2. The maximum atomic E-state index is 12.9. The third-order valence-corrected chi connectivity index (χ3v) is 6.73. The first-order valence-electron chi connectivity index (χ1n) is 9.87. The van der Waals surface area contributed by atoms with Crippen LogP contribution in [0.2, 0.25) is 0 Å². The molecule has 0 aliphatic carbocycles. The number of β-lactam (4-membered cyclic amide) rings is 1. The molecule has 0 bridgehead atoms. The van der Waals surface area contributed by atoms with Gasteiger partial charge in [-0.3, -0.25) is 9.59 Å².